The molecule has 1 aromatic rings. The van der Waals surface area contributed by atoms with Crippen LogP contribution in [0.1, 0.15) is 16.1 Å². The summed E-state index contributed by atoms with van der Waals surface area (Å²) in [7, 11) is 0. The highest BCUT2D eigenvalue weighted by molar-refractivity contribution is 6.29. The molecule has 0 saturated carbocycles. The second kappa shape index (κ2) is 6.69. The van der Waals surface area contributed by atoms with Crippen LogP contribution in [0.25, 0.3) is 0 Å². The maximum absolute atomic E-state index is 11.7. The Morgan fingerprint density at radius 2 is 1.95 bits per heavy atom. The van der Waals surface area contributed by atoms with Crippen molar-refractivity contribution in [1.82, 2.24) is 15.6 Å². The van der Waals surface area contributed by atoms with E-state index in [1.165, 1.54) is 12.1 Å². The van der Waals surface area contributed by atoms with Gasteiger partial charge in [-0.05, 0) is 19.1 Å². The van der Waals surface area contributed by atoms with E-state index in [0.717, 1.165) is 0 Å². The topological polar surface area (TPSA) is 108 Å². The van der Waals surface area contributed by atoms with Crippen LogP contribution < -0.4 is 10.6 Å². The molecule has 1 aromatic heterocycles. The Hall–Kier alpha value is -2.15. The number of nitrogens with zero attached hydrogens (tertiary/aromatic N) is 1. The maximum atomic E-state index is 11.7. The van der Waals surface area contributed by atoms with Crippen molar-refractivity contribution in [2.24, 2.45) is 0 Å². The normalized spacial score (nSPS) is 9.79. The van der Waals surface area contributed by atoms with Crippen molar-refractivity contribution >= 4 is 29.4 Å². The molecule has 3 N–H and O–H groups in total. The third kappa shape index (κ3) is 5.35. The van der Waals surface area contributed by atoms with Gasteiger partial charge in [0.05, 0.1) is 6.54 Å². The van der Waals surface area contributed by atoms with Crippen LogP contribution in [0, 0.1) is 6.92 Å². The monoisotopic (exact) mass is 285 g/mol. The maximum Gasteiger partial charge on any atom is 0.322 e. The van der Waals surface area contributed by atoms with Gasteiger partial charge in [0.1, 0.15) is 11.7 Å². The van der Waals surface area contributed by atoms with Crippen LogP contribution >= 0.6 is 11.6 Å². The van der Waals surface area contributed by atoms with E-state index in [-0.39, 0.29) is 17.3 Å². The van der Waals surface area contributed by atoms with Crippen molar-refractivity contribution in [3.63, 3.8) is 0 Å². The van der Waals surface area contributed by atoms with E-state index in [1.54, 1.807) is 6.92 Å². The van der Waals surface area contributed by atoms with Gasteiger partial charge in [-0.15, -0.1) is 0 Å². The fourth-order valence-electron chi connectivity index (χ4n) is 1.26. The predicted octanol–water partition coefficient (Wildman–Crippen LogP) is -0.0260. The first-order chi connectivity index (χ1) is 8.88. The van der Waals surface area contributed by atoms with Gasteiger partial charge in [-0.1, -0.05) is 11.6 Å². The lowest BCUT2D eigenvalue weighted by atomic mass is 10.2. The van der Waals surface area contributed by atoms with Gasteiger partial charge >= 0.3 is 5.97 Å². The highest BCUT2D eigenvalue weighted by atomic mass is 35.5. The summed E-state index contributed by atoms with van der Waals surface area (Å²) in [5.41, 5.74) is 0.858. The number of carbonyl (C=O) groups excluding carboxylic acids is 2. The summed E-state index contributed by atoms with van der Waals surface area (Å²) < 4.78 is 0. The predicted molar refractivity (Wildman–Crippen MR) is 67.0 cm³/mol. The molecule has 1 heterocycles. The van der Waals surface area contributed by atoms with E-state index in [0.29, 0.717) is 5.69 Å². The number of hydrogen-bond donors (Lipinski definition) is 3. The highest BCUT2D eigenvalue weighted by Gasteiger charge is 2.10. The molecule has 0 atom stereocenters. The first kappa shape index (κ1) is 14.9. The van der Waals surface area contributed by atoms with Crippen LogP contribution in [0.15, 0.2) is 12.1 Å². The van der Waals surface area contributed by atoms with Crippen molar-refractivity contribution in [3.05, 3.63) is 28.5 Å². The molecular formula is C11H12ClN3O4. The second-order valence-electron chi connectivity index (χ2n) is 3.67. The molecular weight excluding hydrogens is 274 g/mol. The van der Waals surface area contributed by atoms with Gasteiger partial charge in [0, 0.05) is 11.3 Å². The third-order valence-corrected chi connectivity index (χ3v) is 2.22. The first-order valence-electron chi connectivity index (χ1n) is 5.29. The first-order valence-corrected chi connectivity index (χ1v) is 5.67. The van der Waals surface area contributed by atoms with Crippen LogP contribution in [-0.2, 0) is 9.59 Å². The smallest absolute Gasteiger partial charge is 0.322 e. The number of hydrogen-bond acceptors (Lipinski definition) is 4. The number of nitrogens with one attached hydrogen (secondary N) is 2. The summed E-state index contributed by atoms with van der Waals surface area (Å²) >= 11 is 5.71. The molecule has 0 fully saturated rings. The molecule has 1 rings (SSSR count). The summed E-state index contributed by atoms with van der Waals surface area (Å²) in [5.74, 6) is -2.23. The number of carboxylic acids is 1. The molecule has 0 aliphatic rings. The van der Waals surface area contributed by atoms with Crippen molar-refractivity contribution in [1.29, 1.82) is 0 Å². The van der Waals surface area contributed by atoms with Crippen molar-refractivity contribution in [2.45, 2.75) is 6.92 Å². The zero-order chi connectivity index (χ0) is 14.4. The molecule has 0 unspecified atom stereocenters. The molecule has 0 radical (unpaired) electrons. The number of aromatic nitrogens is 1. The number of amides is 2. The molecule has 7 nitrogen and oxygen atoms in total. The summed E-state index contributed by atoms with van der Waals surface area (Å²) in [4.78, 5) is 37.0. The molecule has 0 aromatic carbocycles. The van der Waals surface area contributed by atoms with Gasteiger partial charge < -0.3 is 15.7 Å². The molecule has 0 aliphatic carbocycles. The van der Waals surface area contributed by atoms with Gasteiger partial charge in [-0.25, -0.2) is 4.98 Å². The fraction of sp³-hybridized carbons (Fsp3) is 0.273. The molecule has 0 saturated heterocycles. The third-order valence-electron chi connectivity index (χ3n) is 2.03. The van der Waals surface area contributed by atoms with E-state index >= 15 is 0 Å². The van der Waals surface area contributed by atoms with Gasteiger partial charge in [0.25, 0.3) is 5.91 Å². The molecule has 2 amide bonds. The van der Waals surface area contributed by atoms with Crippen LogP contribution in [0.4, 0.5) is 0 Å². The number of carboxylic acid groups (broad SMARTS) is 1. The number of halogens is 1. The average Bonchev–Trinajstić information content (AvgIpc) is 2.32. The van der Waals surface area contributed by atoms with Gasteiger partial charge in [-0.2, -0.15) is 0 Å². The van der Waals surface area contributed by atoms with E-state index in [9.17, 15) is 14.4 Å². The van der Waals surface area contributed by atoms with Crippen LogP contribution in [0.3, 0.4) is 0 Å². The Morgan fingerprint density at radius 1 is 1.26 bits per heavy atom. The van der Waals surface area contributed by atoms with Crippen LogP contribution in [0.2, 0.25) is 5.15 Å². The Morgan fingerprint density at radius 3 is 2.53 bits per heavy atom. The van der Waals surface area contributed by atoms with E-state index in [1.807, 2.05) is 0 Å². The second-order valence-corrected chi connectivity index (χ2v) is 4.06. The van der Waals surface area contributed by atoms with E-state index in [2.05, 4.69) is 15.6 Å². The molecule has 0 spiro atoms. The molecule has 19 heavy (non-hydrogen) atoms. The minimum absolute atomic E-state index is 0.181. The standard InChI is InChI=1S/C11H12ClN3O4/c1-6-2-7(3-8(12)15-6)11(19)14-4-9(16)13-5-10(17)18/h2-3H,4-5H2,1H3,(H,13,16)(H,14,19)(H,17,18). The molecule has 102 valence electrons. The lowest BCUT2D eigenvalue weighted by Crippen LogP contribution is -2.39. The summed E-state index contributed by atoms with van der Waals surface area (Å²) in [5, 5.41) is 13.0. The molecule has 0 bridgehead atoms. The zero-order valence-corrected chi connectivity index (χ0v) is 10.8. The van der Waals surface area contributed by atoms with E-state index < -0.39 is 24.3 Å². The number of aryl methyl sites for hydroxylation is 1. The molecule has 8 heteroatoms. The number of pyridine rings is 1. The number of rotatable bonds is 5. The Labute approximate surface area is 114 Å². The lowest BCUT2D eigenvalue weighted by Gasteiger charge is -2.06. The number of carbonyl (C=O) groups is 3. The Bertz CT molecular complexity index is 498. The minimum Gasteiger partial charge on any atom is -0.480 e. The van der Waals surface area contributed by atoms with Crippen LogP contribution in [-0.4, -0.2) is 41.0 Å². The quantitative estimate of drug-likeness (QED) is 0.659. The Balaban J connectivity index is 2.51. The highest BCUT2D eigenvalue weighted by Crippen LogP contribution is 2.09. The van der Waals surface area contributed by atoms with Gasteiger partial charge in [0.15, 0.2) is 0 Å². The van der Waals surface area contributed by atoms with Crippen LogP contribution in [0.5, 0.6) is 0 Å². The average molecular weight is 286 g/mol. The summed E-state index contributed by atoms with van der Waals surface area (Å²) in [6, 6.07) is 2.90. The largest absolute Gasteiger partial charge is 0.480 e. The lowest BCUT2D eigenvalue weighted by molar-refractivity contribution is -0.137. The summed E-state index contributed by atoms with van der Waals surface area (Å²) in [6.45, 7) is 0.877. The van der Waals surface area contributed by atoms with E-state index in [4.69, 9.17) is 16.7 Å². The Kier molecular flexibility index (Phi) is 5.25. The fourth-order valence-corrected chi connectivity index (χ4v) is 1.51. The number of aliphatic carboxylic acids is 1. The van der Waals surface area contributed by atoms with Crippen molar-refractivity contribution < 1.29 is 19.5 Å². The minimum atomic E-state index is -1.16. The SMILES string of the molecule is Cc1cc(C(=O)NCC(=O)NCC(=O)O)cc(Cl)n1. The molecule has 0 aliphatic heterocycles. The van der Waals surface area contributed by atoms with Gasteiger partial charge in [-0.3, -0.25) is 14.4 Å². The van der Waals surface area contributed by atoms with Crippen molar-refractivity contribution in [2.75, 3.05) is 13.1 Å². The zero-order valence-electron chi connectivity index (χ0n) is 10.1. The summed E-state index contributed by atoms with van der Waals surface area (Å²) in [6.07, 6.45) is 0. The van der Waals surface area contributed by atoms with Gasteiger partial charge in [0.2, 0.25) is 5.91 Å². The van der Waals surface area contributed by atoms with Crippen molar-refractivity contribution in [3.8, 4) is 0 Å².